The fraction of sp³-hybridized carbons (Fsp3) is 0.818. The van der Waals surface area contributed by atoms with Crippen molar-refractivity contribution in [3.63, 3.8) is 0 Å². The fourth-order valence-corrected chi connectivity index (χ4v) is 9.72. The van der Waals surface area contributed by atoms with Crippen LogP contribution in [0.3, 0.4) is 0 Å². The minimum atomic E-state index is -1.81. The van der Waals surface area contributed by atoms with Gasteiger partial charge in [-0.05, 0) is 107 Å². The third-order valence-electron chi connectivity index (χ3n) is 14.1. The van der Waals surface area contributed by atoms with Crippen LogP contribution >= 0.6 is 0 Å². The van der Waals surface area contributed by atoms with E-state index in [0.29, 0.717) is 63.4 Å². The first kappa shape index (κ1) is 111. The van der Waals surface area contributed by atoms with Gasteiger partial charge in [0.15, 0.2) is 11.6 Å². The summed E-state index contributed by atoms with van der Waals surface area (Å²) in [7, 11) is 1.57. The van der Waals surface area contributed by atoms with Crippen molar-refractivity contribution in [3.8, 4) is 0 Å². The molecule has 3 heterocycles. The van der Waals surface area contributed by atoms with Crippen molar-refractivity contribution in [2.75, 3.05) is 13.7 Å². The van der Waals surface area contributed by atoms with Gasteiger partial charge >= 0.3 is 5.97 Å². The second-order valence-corrected chi connectivity index (χ2v) is 19.3. The summed E-state index contributed by atoms with van der Waals surface area (Å²) in [4.78, 5) is 57.2. The van der Waals surface area contributed by atoms with Crippen molar-refractivity contribution in [3.05, 3.63) is 47.6 Å². The minimum Gasteiger partial charge on any atom is -0.460 e. The van der Waals surface area contributed by atoms with E-state index in [1.54, 1.807) is 46.1 Å². The number of hydrogen-bond acceptors (Lipinski definition) is 12. The number of piperidine rings is 1. The van der Waals surface area contributed by atoms with E-state index < -0.39 is 77.9 Å². The van der Waals surface area contributed by atoms with Gasteiger partial charge in [0.05, 0.1) is 30.8 Å². The van der Waals surface area contributed by atoms with E-state index in [0.717, 1.165) is 6.42 Å². The molecule has 2 saturated heterocycles. The van der Waals surface area contributed by atoms with Gasteiger partial charge in [-0.1, -0.05) is 197 Å². The number of rotatable bonds is 4. The van der Waals surface area contributed by atoms with Gasteiger partial charge in [-0.2, -0.15) is 0 Å². The molecule has 0 aromatic rings. The van der Waals surface area contributed by atoms with Gasteiger partial charge in [0, 0.05) is 44.2 Å². The Morgan fingerprint density at radius 1 is 0.696 bits per heavy atom. The zero-order chi connectivity index (χ0) is 45.9. The maximum Gasteiger partial charge on any atom is 0.329 e. The number of aliphatic hydroxyl groups is 5. The first-order valence-electron chi connectivity index (χ1n) is 23.2. The molecule has 4 rings (SSSR count). The number of allylic oxidation sites excluding steroid dienone is 6. The van der Waals surface area contributed by atoms with Gasteiger partial charge in [-0.15, -0.1) is 0 Å². The smallest absolute Gasteiger partial charge is 0.329 e. The summed E-state index contributed by atoms with van der Waals surface area (Å²) < 4.78 is 18.1. The van der Waals surface area contributed by atoms with E-state index in [2.05, 4.69) is 0 Å². The number of amides is 1. The Labute approximate surface area is 494 Å². The normalized spacial score (nSPS) is 32.8. The molecule has 1 aliphatic carbocycles. The molecule has 0 unspecified atom stereocenters. The number of ether oxygens (including phenoxy) is 3. The van der Waals surface area contributed by atoms with Crippen LogP contribution in [0.5, 0.6) is 0 Å². The number of fused-ring (bicyclic) bond motifs is 3. The van der Waals surface area contributed by atoms with Gasteiger partial charge < -0.3 is 44.6 Å². The number of methoxy groups -OCH3 is 1. The molecule has 0 radical (unpaired) electrons. The molecule has 0 spiro atoms. The van der Waals surface area contributed by atoms with Crippen LogP contribution in [0.1, 0.15) is 258 Å². The topological polar surface area (TPSA) is 200 Å². The summed E-state index contributed by atoms with van der Waals surface area (Å²) in [5.74, 6) is -5.54. The molecular weight excluding hydrogens is 999 g/mol. The fourth-order valence-electron chi connectivity index (χ4n) is 9.72. The van der Waals surface area contributed by atoms with E-state index in [1.807, 2.05) is 45.9 Å². The quantitative estimate of drug-likeness (QED) is 0.132. The van der Waals surface area contributed by atoms with Crippen LogP contribution in [0.2, 0.25) is 0 Å². The molecule has 2 bridgehead atoms. The van der Waals surface area contributed by atoms with Crippen LogP contribution in [0.15, 0.2) is 47.6 Å². The number of Topliss-reactive ketones (excluding diaryl/α,β-unsaturated/α-hetero) is 2. The van der Waals surface area contributed by atoms with E-state index in [1.165, 1.54) is 4.90 Å². The highest BCUT2D eigenvalue weighted by molar-refractivity contribution is 5.87. The summed E-state index contributed by atoms with van der Waals surface area (Å²) in [6.07, 6.45) is 9.90. The van der Waals surface area contributed by atoms with Crippen molar-refractivity contribution >= 4 is 23.4 Å². The first-order chi connectivity index (χ1) is 29.2. The van der Waals surface area contributed by atoms with Crippen molar-refractivity contribution < 1.29 is 58.9 Å². The molecule has 5 N–H and O–H groups in total. The lowest BCUT2D eigenvalue weighted by Gasteiger charge is -2.44. The second kappa shape index (κ2) is 51.8. The van der Waals surface area contributed by atoms with E-state index in [9.17, 15) is 44.7 Å². The molecule has 13 heteroatoms. The van der Waals surface area contributed by atoms with Crippen molar-refractivity contribution in [1.29, 1.82) is 0 Å². The molecule has 4 aliphatic rings. The largest absolute Gasteiger partial charge is 0.460 e. The average molecular weight is 1140 g/mol. The lowest BCUT2D eigenvalue weighted by molar-refractivity contribution is -0.283. The molecule has 0 aromatic carbocycles. The molecular formula is C66H145NO12. The molecule has 3 aliphatic heterocycles. The number of ketones is 2. The molecule has 79 heavy (non-hydrogen) atoms. The van der Waals surface area contributed by atoms with Gasteiger partial charge in [0.2, 0.25) is 5.91 Å². The maximum atomic E-state index is 14.3. The number of nitrogens with zero attached hydrogens (tertiary/aromatic N) is 1. The van der Waals surface area contributed by atoms with Gasteiger partial charge in [0.25, 0.3) is 0 Å². The predicted molar refractivity (Wildman–Crippen MR) is 350 cm³/mol. The first-order valence-corrected chi connectivity index (χ1v) is 23.2. The van der Waals surface area contributed by atoms with Crippen LogP contribution in [0.4, 0.5) is 0 Å². The minimum absolute atomic E-state index is 0. The average Bonchev–Trinajstić information content (AvgIpc) is 3.23. The molecule has 0 aromatic heterocycles. The summed E-state index contributed by atoms with van der Waals surface area (Å²) in [5.41, 5.74) is 0.961. The number of cyclic esters (lactones) is 1. The predicted octanol–water partition coefficient (Wildman–Crippen LogP) is 16.5. The van der Waals surface area contributed by atoms with E-state index in [4.69, 9.17) is 14.2 Å². The van der Waals surface area contributed by atoms with E-state index >= 15 is 0 Å². The van der Waals surface area contributed by atoms with Gasteiger partial charge in [-0.3, -0.25) is 14.4 Å². The molecule has 1 amide bonds. The highest BCUT2D eigenvalue weighted by Crippen LogP contribution is 2.38. The standard InChI is InChI=1S/C49H77NO12.17CH4/c1-29-14-10-9-11-15-30(2)40(52)26-37-19-17-35(7)49(59,62-37)28-44(54)50-21-13-12-16-38(50)48(58)61-42(32(4)24-36-18-20-39(51)43(25-36)60-8)27-41(53)31(3)23-34(6)46(56)47(57)45(55)33(5)22-29;;;;;;;;;;;;;;;;;/h9-11,14-15,23,29,31-33,35-40,42-43,46-47,51-52,56-57,59H,12-13,16-22,24-28H2,1-8H3;17*1H4/b11-9+,14-10+,30-15+,34-23+;;;;;;;;;;;;;;;;;/t29-,31-,32-,33-,35-,36+,37+,38+,39-,40+,42+,43-,46-,47+,49+;;;;;;;;;;;;;;;;;/m1................./s1. The molecule has 1 saturated carbocycles. The van der Waals surface area contributed by atoms with Crippen LogP contribution in [-0.4, -0.2) is 122 Å². The Hall–Kier alpha value is -3.04. The summed E-state index contributed by atoms with van der Waals surface area (Å²) in [6.45, 7) is 12.8. The zero-order valence-corrected chi connectivity index (χ0v) is 38.5. The third-order valence-corrected chi connectivity index (χ3v) is 14.1. The second-order valence-electron chi connectivity index (χ2n) is 19.3. The Balaban J connectivity index is -0.000000207. The van der Waals surface area contributed by atoms with Crippen molar-refractivity contribution in [1.82, 2.24) is 4.90 Å². The SMILES string of the molecule is C.C.C.C.C.C.C.C.C.C.C.C.C.C.C.C.C.CO[C@@H]1C[C@H](C[C@@H](C)[C@@H]2CC(=O)[C@H](C)/C=C(\C)[C@@H](O)[C@@H](O)C(=O)[C@H](C)C[C@H](C)/C=C/C=C/C=C(\C)[C@@H](O)C[C@@H]3CC[C@@H](C)[C@](O)(CC(=O)N4CCCC[C@H]4C(=O)O2)O3)CC[C@H]1O. The van der Waals surface area contributed by atoms with Crippen LogP contribution in [0.25, 0.3) is 0 Å². The number of aliphatic hydroxyl groups excluding tert-OH is 4. The monoisotopic (exact) mass is 1140 g/mol. The van der Waals surface area contributed by atoms with Gasteiger partial charge in [0.1, 0.15) is 30.1 Å². The molecule has 15 atom stereocenters. The summed E-state index contributed by atoms with van der Waals surface area (Å²) in [5, 5.41) is 55.5. The lowest BCUT2D eigenvalue weighted by Crippen LogP contribution is -2.54. The Kier molecular flexibility index (Phi) is 72.9. The highest BCUT2D eigenvalue weighted by Gasteiger charge is 2.46. The lowest BCUT2D eigenvalue weighted by atomic mass is 9.78. The van der Waals surface area contributed by atoms with Gasteiger partial charge in [-0.25, -0.2) is 4.79 Å². The summed E-state index contributed by atoms with van der Waals surface area (Å²) in [6, 6.07) is -0.935. The summed E-state index contributed by atoms with van der Waals surface area (Å²) >= 11 is 0. The number of hydrogen-bond donors (Lipinski definition) is 5. The molecule has 486 valence electrons. The van der Waals surface area contributed by atoms with Crippen LogP contribution < -0.4 is 0 Å². The van der Waals surface area contributed by atoms with Crippen LogP contribution in [0, 0.1) is 35.5 Å². The van der Waals surface area contributed by atoms with Crippen molar-refractivity contribution in [2.24, 2.45) is 35.5 Å². The number of carbonyl (C=O) groups is 4. The van der Waals surface area contributed by atoms with E-state index in [-0.39, 0.29) is 193 Å². The molecule has 13 nitrogen and oxygen atoms in total. The Bertz CT molecular complexity index is 1640. The zero-order valence-electron chi connectivity index (χ0n) is 38.5. The highest BCUT2D eigenvalue weighted by atomic mass is 16.6. The third kappa shape index (κ3) is 31.8. The maximum absolute atomic E-state index is 14.3. The number of esters is 1. The Morgan fingerprint density at radius 3 is 1.82 bits per heavy atom. The van der Waals surface area contributed by atoms with Crippen LogP contribution in [-0.2, 0) is 33.4 Å². The molecule has 3 fully saturated rings. The Morgan fingerprint density at radius 2 is 1.27 bits per heavy atom. The van der Waals surface area contributed by atoms with Crippen molar-refractivity contribution in [2.45, 2.75) is 313 Å². The number of carbonyl (C=O) groups excluding carboxylic acids is 4.